The third kappa shape index (κ3) is 4.01. The number of hydrogen-bond acceptors (Lipinski definition) is 7. The Labute approximate surface area is 90.5 Å². The van der Waals surface area contributed by atoms with E-state index in [4.69, 9.17) is 10.6 Å². The van der Waals surface area contributed by atoms with E-state index < -0.39 is 36.9 Å². The zero-order valence-corrected chi connectivity index (χ0v) is 8.46. The van der Waals surface area contributed by atoms with Gasteiger partial charge in [0.2, 0.25) is 0 Å². The predicted molar refractivity (Wildman–Crippen MR) is 50.1 cm³/mol. The molecule has 9 nitrogen and oxygen atoms in total. The van der Waals surface area contributed by atoms with Crippen molar-refractivity contribution in [3.05, 3.63) is 10.4 Å². The van der Waals surface area contributed by atoms with Crippen molar-refractivity contribution < 1.29 is 30.0 Å². The second-order valence-electron chi connectivity index (χ2n) is 2.93. The van der Waals surface area contributed by atoms with Gasteiger partial charge in [0.15, 0.2) is 6.10 Å². The predicted octanol–water partition coefficient (Wildman–Crippen LogP) is -2.09. The minimum Gasteiger partial charge on any atom is -0.467 e. The van der Waals surface area contributed by atoms with Crippen molar-refractivity contribution in [2.24, 2.45) is 5.11 Å². The number of carbonyl (C=O) groups excluding carboxylic acids is 1. The van der Waals surface area contributed by atoms with Gasteiger partial charge in [-0.05, 0) is 5.53 Å². The second kappa shape index (κ2) is 6.99. The Morgan fingerprint density at radius 1 is 1.38 bits per heavy atom. The molecule has 4 atom stereocenters. The van der Waals surface area contributed by atoms with Gasteiger partial charge in [-0.2, -0.15) is 0 Å². The Bertz CT molecular complexity index is 279. The maximum absolute atomic E-state index is 10.8. The van der Waals surface area contributed by atoms with Crippen LogP contribution < -0.4 is 0 Å². The molecule has 0 aromatic rings. The Balaban J connectivity index is 4.40. The molecule has 16 heavy (non-hydrogen) atoms. The number of nitrogens with zero attached hydrogens (tertiary/aromatic N) is 3. The number of carbonyl (C=O) groups is 1. The van der Waals surface area contributed by atoms with Gasteiger partial charge >= 0.3 is 5.97 Å². The number of rotatable bonds is 6. The first-order chi connectivity index (χ1) is 7.45. The van der Waals surface area contributed by atoms with E-state index in [1.807, 2.05) is 0 Å². The highest BCUT2D eigenvalue weighted by Gasteiger charge is 2.34. The number of esters is 1. The van der Waals surface area contributed by atoms with Crippen molar-refractivity contribution in [3.63, 3.8) is 0 Å². The van der Waals surface area contributed by atoms with Gasteiger partial charge in [-0.3, -0.25) is 0 Å². The maximum Gasteiger partial charge on any atom is 0.337 e. The minimum atomic E-state index is -1.99. The molecule has 0 amide bonds. The van der Waals surface area contributed by atoms with E-state index in [2.05, 4.69) is 14.8 Å². The summed E-state index contributed by atoms with van der Waals surface area (Å²) in [6.07, 6.45) is -7.35. The molecule has 0 aliphatic heterocycles. The van der Waals surface area contributed by atoms with Gasteiger partial charge < -0.3 is 25.2 Å². The molecule has 0 saturated heterocycles. The molecule has 0 saturated carbocycles. The van der Waals surface area contributed by atoms with Gasteiger partial charge in [-0.1, -0.05) is 5.11 Å². The monoisotopic (exact) mass is 235 g/mol. The average molecular weight is 235 g/mol. The molecule has 0 fully saturated rings. The molecule has 0 rings (SSSR count). The molecule has 0 aromatic heterocycles. The lowest BCUT2D eigenvalue weighted by Gasteiger charge is -2.24. The molecule has 0 spiro atoms. The van der Waals surface area contributed by atoms with Gasteiger partial charge in [-0.15, -0.1) is 0 Å². The highest BCUT2D eigenvalue weighted by Crippen LogP contribution is 2.07. The van der Waals surface area contributed by atoms with Crippen molar-refractivity contribution in [2.45, 2.75) is 24.4 Å². The summed E-state index contributed by atoms with van der Waals surface area (Å²) in [7, 11) is 0.987. The molecule has 0 unspecified atom stereocenters. The fraction of sp³-hybridized carbons (Fsp3) is 0.857. The first kappa shape index (κ1) is 14.6. The van der Waals surface area contributed by atoms with Gasteiger partial charge in [0.25, 0.3) is 0 Å². The first-order valence-electron chi connectivity index (χ1n) is 4.26. The third-order valence-corrected chi connectivity index (χ3v) is 1.84. The fourth-order valence-electron chi connectivity index (χ4n) is 0.903. The van der Waals surface area contributed by atoms with E-state index in [9.17, 15) is 20.1 Å². The lowest BCUT2D eigenvalue weighted by Crippen LogP contribution is -2.48. The van der Waals surface area contributed by atoms with Crippen LogP contribution >= 0.6 is 0 Å². The van der Waals surface area contributed by atoms with Gasteiger partial charge in [0, 0.05) is 4.91 Å². The molecule has 0 radical (unpaired) electrons. The molecule has 9 heteroatoms. The topological polar surface area (TPSA) is 156 Å². The van der Waals surface area contributed by atoms with Crippen LogP contribution in [0.25, 0.3) is 10.4 Å². The number of aliphatic hydroxyl groups excluding tert-OH is 4. The SMILES string of the molecule is COC(=O)[C@H](O)[C@@H](O)[C@H](O)[C@H](O)CN=[N+]=[N-]. The quantitative estimate of drug-likeness (QED) is 0.179. The fourth-order valence-corrected chi connectivity index (χ4v) is 0.903. The molecule has 92 valence electrons. The van der Waals surface area contributed by atoms with E-state index >= 15 is 0 Å². The van der Waals surface area contributed by atoms with Crippen molar-refractivity contribution >= 4 is 5.97 Å². The Kier molecular flexibility index (Phi) is 6.38. The van der Waals surface area contributed by atoms with Crippen LogP contribution in [0.1, 0.15) is 0 Å². The molecular weight excluding hydrogens is 222 g/mol. The molecule has 0 bridgehead atoms. The van der Waals surface area contributed by atoms with Crippen LogP contribution in [-0.2, 0) is 9.53 Å². The average Bonchev–Trinajstić information content (AvgIpc) is 2.31. The van der Waals surface area contributed by atoms with Crippen LogP contribution in [0, 0.1) is 0 Å². The zero-order valence-electron chi connectivity index (χ0n) is 8.46. The van der Waals surface area contributed by atoms with Crippen LogP contribution in [0.2, 0.25) is 0 Å². The smallest absolute Gasteiger partial charge is 0.337 e. The Morgan fingerprint density at radius 2 is 1.94 bits per heavy atom. The number of hydrogen-bond donors (Lipinski definition) is 4. The minimum absolute atomic E-state index is 0.497. The lowest BCUT2D eigenvalue weighted by atomic mass is 10.0. The maximum atomic E-state index is 10.8. The zero-order chi connectivity index (χ0) is 12.7. The number of aliphatic hydroxyl groups is 4. The van der Waals surface area contributed by atoms with Crippen LogP contribution in [0.15, 0.2) is 5.11 Å². The van der Waals surface area contributed by atoms with Crippen molar-refractivity contribution in [3.8, 4) is 0 Å². The summed E-state index contributed by atoms with van der Waals surface area (Å²) >= 11 is 0. The summed E-state index contributed by atoms with van der Waals surface area (Å²) in [6.45, 7) is -0.497. The summed E-state index contributed by atoms with van der Waals surface area (Å²) in [5.74, 6) is -1.15. The standard InChI is InChI=1S/C7H13N3O6/c1-16-7(15)6(14)5(13)4(12)3(11)2-9-10-8/h3-6,11-14H,2H2,1H3/t3-,4-,5+,6-/m1/s1. The van der Waals surface area contributed by atoms with E-state index in [-0.39, 0.29) is 0 Å². The highest BCUT2D eigenvalue weighted by molar-refractivity contribution is 5.75. The summed E-state index contributed by atoms with van der Waals surface area (Å²) in [5.41, 5.74) is 7.95. The Hall–Kier alpha value is -1.38. The van der Waals surface area contributed by atoms with Crippen LogP contribution in [0.3, 0.4) is 0 Å². The van der Waals surface area contributed by atoms with Crippen LogP contribution in [-0.4, -0.2) is 64.5 Å². The highest BCUT2D eigenvalue weighted by atomic mass is 16.5. The number of ether oxygens (including phenoxy) is 1. The molecule has 0 heterocycles. The molecule has 0 aliphatic rings. The third-order valence-electron chi connectivity index (χ3n) is 1.84. The van der Waals surface area contributed by atoms with E-state index in [1.54, 1.807) is 0 Å². The summed E-state index contributed by atoms with van der Waals surface area (Å²) in [4.78, 5) is 13.1. The van der Waals surface area contributed by atoms with Crippen molar-refractivity contribution in [1.82, 2.24) is 0 Å². The van der Waals surface area contributed by atoms with E-state index in [0.717, 1.165) is 7.11 Å². The van der Waals surface area contributed by atoms with E-state index in [1.165, 1.54) is 0 Å². The second-order valence-corrected chi connectivity index (χ2v) is 2.93. The molecule has 0 aliphatic carbocycles. The van der Waals surface area contributed by atoms with Crippen molar-refractivity contribution in [2.75, 3.05) is 13.7 Å². The largest absolute Gasteiger partial charge is 0.467 e. The number of azide groups is 1. The summed E-state index contributed by atoms with van der Waals surface area (Å²) < 4.78 is 4.12. The van der Waals surface area contributed by atoms with Gasteiger partial charge in [0.1, 0.15) is 12.2 Å². The molecular formula is C7H13N3O6. The van der Waals surface area contributed by atoms with Gasteiger partial charge in [0.05, 0.1) is 19.8 Å². The summed E-state index contributed by atoms with van der Waals surface area (Å²) in [6, 6.07) is 0. The van der Waals surface area contributed by atoms with E-state index in [0.29, 0.717) is 0 Å². The van der Waals surface area contributed by atoms with Gasteiger partial charge in [-0.25, -0.2) is 4.79 Å². The first-order valence-corrected chi connectivity index (χ1v) is 4.26. The van der Waals surface area contributed by atoms with Crippen LogP contribution in [0.4, 0.5) is 0 Å². The number of methoxy groups -OCH3 is 1. The molecule has 0 aromatic carbocycles. The Morgan fingerprint density at radius 3 is 2.38 bits per heavy atom. The molecule has 4 N–H and O–H groups in total. The normalized spacial score (nSPS) is 17.8. The lowest BCUT2D eigenvalue weighted by molar-refractivity contribution is -0.165. The van der Waals surface area contributed by atoms with Crippen molar-refractivity contribution in [1.29, 1.82) is 0 Å². The van der Waals surface area contributed by atoms with Crippen LogP contribution in [0.5, 0.6) is 0 Å². The summed E-state index contributed by atoms with van der Waals surface area (Å²) in [5, 5.41) is 39.8.